The van der Waals surface area contributed by atoms with Gasteiger partial charge in [0.05, 0.1) is 6.61 Å². The third-order valence-electron chi connectivity index (χ3n) is 6.26. The number of nitrogens with zero attached hydrogens (tertiary/aromatic N) is 1. The first-order valence-electron chi connectivity index (χ1n) is 11.9. The van der Waals surface area contributed by atoms with E-state index < -0.39 is 8.32 Å². The first kappa shape index (κ1) is 25.7. The van der Waals surface area contributed by atoms with Crippen LogP contribution in [0, 0.1) is 0 Å². The van der Waals surface area contributed by atoms with Crippen LogP contribution in [0.5, 0.6) is 0 Å². The van der Waals surface area contributed by atoms with Crippen LogP contribution in [0.4, 0.5) is 5.69 Å². The van der Waals surface area contributed by atoms with Crippen molar-refractivity contribution >= 4 is 30.3 Å². The lowest BCUT2D eigenvalue weighted by molar-refractivity contribution is 0.0535. The SMILES string of the molecule is CC(C)(C)N(CCO[Si](c1ccccc1)(c1ccccc1)C(C)(C)C)C(=O)c1ccc(N)cc1. The third-order valence-corrected chi connectivity index (χ3v) is 11.3. The fourth-order valence-electron chi connectivity index (χ4n) is 4.57. The zero-order chi connectivity index (χ0) is 25.0. The number of carbonyl (C=O) groups excluding carboxylic acids is 1. The molecule has 0 unspecified atom stereocenters. The van der Waals surface area contributed by atoms with Crippen LogP contribution in [0.15, 0.2) is 84.9 Å². The molecule has 3 aromatic rings. The van der Waals surface area contributed by atoms with Gasteiger partial charge < -0.3 is 15.1 Å². The van der Waals surface area contributed by atoms with E-state index in [1.165, 1.54) is 10.4 Å². The number of amides is 1. The minimum absolute atomic E-state index is 0.0152. The molecule has 4 nitrogen and oxygen atoms in total. The Hall–Kier alpha value is -2.89. The van der Waals surface area contributed by atoms with Gasteiger partial charge in [-0.1, -0.05) is 81.4 Å². The van der Waals surface area contributed by atoms with Crippen LogP contribution in [0.25, 0.3) is 0 Å². The highest BCUT2D eigenvalue weighted by atomic mass is 28.4. The van der Waals surface area contributed by atoms with E-state index in [9.17, 15) is 4.79 Å². The van der Waals surface area contributed by atoms with E-state index in [2.05, 4.69) is 90.1 Å². The fourth-order valence-corrected chi connectivity index (χ4v) is 9.13. The number of carbonyl (C=O) groups is 1. The largest absolute Gasteiger partial charge is 0.406 e. The molecule has 0 aliphatic heterocycles. The molecule has 34 heavy (non-hydrogen) atoms. The number of anilines is 1. The van der Waals surface area contributed by atoms with Gasteiger partial charge in [0.2, 0.25) is 0 Å². The van der Waals surface area contributed by atoms with Gasteiger partial charge in [0.1, 0.15) is 0 Å². The molecule has 0 atom stereocenters. The predicted octanol–water partition coefficient (Wildman–Crippen LogP) is 5.09. The maximum absolute atomic E-state index is 13.4. The van der Waals surface area contributed by atoms with E-state index in [1.54, 1.807) is 24.3 Å². The van der Waals surface area contributed by atoms with Gasteiger partial charge in [-0.05, 0) is 60.4 Å². The summed E-state index contributed by atoms with van der Waals surface area (Å²) in [4.78, 5) is 15.3. The summed E-state index contributed by atoms with van der Waals surface area (Å²) < 4.78 is 7.02. The van der Waals surface area contributed by atoms with Gasteiger partial charge in [0, 0.05) is 23.3 Å². The van der Waals surface area contributed by atoms with Crippen molar-refractivity contribution in [3.05, 3.63) is 90.5 Å². The number of hydrogen-bond acceptors (Lipinski definition) is 3. The zero-order valence-electron chi connectivity index (χ0n) is 21.3. The molecule has 0 saturated carbocycles. The van der Waals surface area contributed by atoms with Crippen molar-refractivity contribution in [2.45, 2.75) is 52.1 Å². The molecule has 2 N–H and O–H groups in total. The van der Waals surface area contributed by atoms with E-state index in [-0.39, 0.29) is 16.5 Å². The van der Waals surface area contributed by atoms with Crippen LogP contribution >= 0.6 is 0 Å². The highest BCUT2D eigenvalue weighted by molar-refractivity contribution is 6.99. The van der Waals surface area contributed by atoms with E-state index in [4.69, 9.17) is 10.2 Å². The maximum Gasteiger partial charge on any atom is 0.261 e. The first-order chi connectivity index (χ1) is 16.0. The normalized spacial score (nSPS) is 12.4. The molecule has 0 aliphatic carbocycles. The van der Waals surface area contributed by atoms with Crippen LogP contribution in [0.3, 0.4) is 0 Å². The maximum atomic E-state index is 13.4. The van der Waals surface area contributed by atoms with Gasteiger partial charge in [0.15, 0.2) is 0 Å². The molecule has 0 fully saturated rings. The van der Waals surface area contributed by atoms with Crippen molar-refractivity contribution in [2.75, 3.05) is 18.9 Å². The second-order valence-corrected chi connectivity index (χ2v) is 15.1. The molecular formula is C29H38N2O2Si. The molecule has 3 rings (SSSR count). The van der Waals surface area contributed by atoms with Gasteiger partial charge in [-0.3, -0.25) is 4.79 Å². The van der Waals surface area contributed by atoms with Crippen molar-refractivity contribution < 1.29 is 9.22 Å². The van der Waals surface area contributed by atoms with E-state index >= 15 is 0 Å². The van der Waals surface area contributed by atoms with Crippen LogP contribution in [0.2, 0.25) is 5.04 Å². The number of nitrogen functional groups attached to an aromatic ring is 1. The number of benzene rings is 3. The molecule has 0 saturated heterocycles. The molecule has 0 spiro atoms. The van der Waals surface area contributed by atoms with Crippen LogP contribution in [0.1, 0.15) is 51.9 Å². The lowest BCUT2D eigenvalue weighted by atomic mass is 10.0. The van der Waals surface area contributed by atoms with E-state index in [0.29, 0.717) is 24.4 Å². The summed E-state index contributed by atoms with van der Waals surface area (Å²) in [5, 5.41) is 2.37. The number of nitrogens with two attached hydrogens (primary N) is 1. The van der Waals surface area contributed by atoms with Crippen molar-refractivity contribution in [1.82, 2.24) is 4.90 Å². The number of hydrogen-bond donors (Lipinski definition) is 1. The highest BCUT2D eigenvalue weighted by Crippen LogP contribution is 2.36. The van der Waals surface area contributed by atoms with Crippen LogP contribution in [-0.4, -0.2) is 37.8 Å². The average molecular weight is 475 g/mol. The summed E-state index contributed by atoms with van der Waals surface area (Å²) in [6, 6.07) is 28.3. The lowest BCUT2D eigenvalue weighted by Gasteiger charge is -2.44. The summed E-state index contributed by atoms with van der Waals surface area (Å²) in [6.45, 7) is 13.9. The molecule has 0 radical (unpaired) electrons. The second kappa shape index (κ2) is 10.2. The van der Waals surface area contributed by atoms with Gasteiger partial charge in [-0.25, -0.2) is 0 Å². The summed E-state index contributed by atoms with van der Waals surface area (Å²) >= 11 is 0. The van der Waals surface area contributed by atoms with E-state index in [1.807, 2.05) is 17.0 Å². The van der Waals surface area contributed by atoms with Gasteiger partial charge in [-0.2, -0.15) is 0 Å². The Labute approximate surface area is 205 Å². The van der Waals surface area contributed by atoms with Crippen molar-refractivity contribution in [3.8, 4) is 0 Å². The Bertz CT molecular complexity index is 1030. The average Bonchev–Trinajstić information content (AvgIpc) is 2.79. The lowest BCUT2D eigenvalue weighted by Crippen LogP contribution is -2.67. The molecule has 1 amide bonds. The second-order valence-electron chi connectivity index (χ2n) is 10.8. The fraction of sp³-hybridized carbons (Fsp3) is 0.345. The minimum Gasteiger partial charge on any atom is -0.406 e. The molecular weight excluding hydrogens is 436 g/mol. The molecule has 0 aromatic heterocycles. The molecule has 0 aliphatic rings. The molecule has 3 aromatic carbocycles. The monoisotopic (exact) mass is 474 g/mol. The summed E-state index contributed by atoms with van der Waals surface area (Å²) in [7, 11) is -2.65. The topological polar surface area (TPSA) is 55.6 Å². The van der Waals surface area contributed by atoms with Gasteiger partial charge in [-0.15, -0.1) is 0 Å². The highest BCUT2D eigenvalue weighted by Gasteiger charge is 2.50. The number of rotatable bonds is 7. The van der Waals surface area contributed by atoms with Crippen LogP contribution in [-0.2, 0) is 4.43 Å². The Balaban J connectivity index is 1.95. The van der Waals surface area contributed by atoms with Gasteiger partial charge in [0.25, 0.3) is 14.2 Å². The standard InChI is InChI=1S/C29H38N2O2Si/c1-28(2,3)31(27(32)23-17-19-24(30)20-18-23)21-22-33-34(29(4,5)6,25-13-9-7-10-14-25)26-15-11-8-12-16-26/h7-20H,21-22,30H2,1-6H3. The summed E-state index contributed by atoms with van der Waals surface area (Å²) in [5.41, 5.74) is 6.75. The van der Waals surface area contributed by atoms with Crippen LogP contribution < -0.4 is 16.1 Å². The molecule has 180 valence electrons. The van der Waals surface area contributed by atoms with Crippen molar-refractivity contribution in [2.24, 2.45) is 0 Å². The Morgan fingerprint density at radius 1 is 0.794 bits per heavy atom. The molecule has 5 heteroatoms. The summed E-state index contributed by atoms with van der Waals surface area (Å²) in [5.74, 6) is -0.0152. The predicted molar refractivity (Wildman–Crippen MR) is 145 cm³/mol. The quantitative estimate of drug-likeness (QED) is 0.383. The van der Waals surface area contributed by atoms with Crippen molar-refractivity contribution in [3.63, 3.8) is 0 Å². The molecule has 0 heterocycles. The van der Waals surface area contributed by atoms with Gasteiger partial charge >= 0.3 is 0 Å². The minimum atomic E-state index is -2.65. The zero-order valence-corrected chi connectivity index (χ0v) is 22.3. The smallest absolute Gasteiger partial charge is 0.261 e. The summed E-state index contributed by atoms with van der Waals surface area (Å²) in [6.07, 6.45) is 0. The van der Waals surface area contributed by atoms with Crippen molar-refractivity contribution in [1.29, 1.82) is 0 Å². The van der Waals surface area contributed by atoms with E-state index in [0.717, 1.165) is 0 Å². The Morgan fingerprint density at radius 2 is 1.26 bits per heavy atom. The first-order valence-corrected chi connectivity index (χ1v) is 13.8. The third kappa shape index (κ3) is 5.42. The Kier molecular flexibility index (Phi) is 7.69. The Morgan fingerprint density at radius 3 is 1.68 bits per heavy atom. The molecule has 0 bridgehead atoms.